The molecule has 0 N–H and O–H groups in total. The van der Waals surface area contributed by atoms with Crippen molar-refractivity contribution >= 4 is 23.4 Å². The Balaban J connectivity index is 1.41. The van der Waals surface area contributed by atoms with Crippen LogP contribution < -0.4 is 4.90 Å². The number of benzene rings is 2. The number of fused-ring (bicyclic) bond motifs is 1. The molecule has 0 spiro atoms. The number of nitrogens with zero attached hydrogens (tertiary/aromatic N) is 2. The average Bonchev–Trinajstić information content (AvgIpc) is 3.01. The first-order valence-electron chi connectivity index (χ1n) is 10.5. The van der Waals surface area contributed by atoms with E-state index >= 15 is 0 Å². The van der Waals surface area contributed by atoms with Crippen molar-refractivity contribution in [2.45, 2.75) is 51.0 Å². The summed E-state index contributed by atoms with van der Waals surface area (Å²) in [4.78, 5) is 41.3. The van der Waals surface area contributed by atoms with Crippen molar-refractivity contribution in [1.82, 2.24) is 4.90 Å². The van der Waals surface area contributed by atoms with Crippen molar-refractivity contribution in [3.8, 4) is 0 Å². The summed E-state index contributed by atoms with van der Waals surface area (Å²) in [6.07, 6.45) is 6.37. The fraction of sp³-hybridized carbons (Fsp3) is 0.375. The Morgan fingerprint density at radius 3 is 2.07 bits per heavy atom. The zero-order valence-corrected chi connectivity index (χ0v) is 16.5. The van der Waals surface area contributed by atoms with Crippen molar-refractivity contribution in [2.24, 2.45) is 0 Å². The molecule has 2 aromatic rings. The van der Waals surface area contributed by atoms with Gasteiger partial charge in [-0.1, -0.05) is 49.6 Å². The molecule has 2 aliphatic rings. The fourth-order valence-electron chi connectivity index (χ4n) is 4.44. The molecule has 2 aromatic carbocycles. The maximum absolute atomic E-state index is 13.1. The summed E-state index contributed by atoms with van der Waals surface area (Å²) in [6.45, 7) is 0.269. The van der Waals surface area contributed by atoms with Crippen LogP contribution in [0.2, 0.25) is 0 Å². The standard InChI is InChI=1S/C24H26N2O3/c27-22(26(18-10-3-1-4-11-18)19-12-5-2-6-13-19)16-9-17-25-23(28)20-14-7-8-15-21(20)24(25)29/h1,3-4,7-8,10-11,14-15,19H,2,5-6,9,12-13,16-17H2. The minimum atomic E-state index is -0.259. The molecule has 4 rings (SSSR count). The van der Waals surface area contributed by atoms with Crippen LogP contribution in [-0.2, 0) is 4.79 Å². The maximum Gasteiger partial charge on any atom is 0.261 e. The molecule has 0 unspecified atom stereocenters. The molecule has 0 aromatic heterocycles. The second-order valence-electron chi connectivity index (χ2n) is 7.80. The van der Waals surface area contributed by atoms with Gasteiger partial charge in [-0.25, -0.2) is 0 Å². The van der Waals surface area contributed by atoms with E-state index in [9.17, 15) is 14.4 Å². The largest absolute Gasteiger partial charge is 0.309 e. The number of para-hydroxylation sites is 1. The third kappa shape index (κ3) is 3.95. The Labute approximate surface area is 171 Å². The van der Waals surface area contributed by atoms with Gasteiger partial charge in [0.1, 0.15) is 0 Å². The van der Waals surface area contributed by atoms with E-state index in [2.05, 4.69) is 0 Å². The third-order valence-corrected chi connectivity index (χ3v) is 5.89. The molecule has 0 radical (unpaired) electrons. The Bertz CT molecular complexity index is 868. The van der Waals surface area contributed by atoms with E-state index < -0.39 is 0 Å². The van der Waals surface area contributed by atoms with Gasteiger partial charge in [-0.3, -0.25) is 19.3 Å². The van der Waals surface area contributed by atoms with E-state index in [0.29, 0.717) is 24.0 Å². The predicted octanol–water partition coefficient (Wildman–Crippen LogP) is 4.43. The second-order valence-corrected chi connectivity index (χ2v) is 7.80. The molecule has 3 amide bonds. The summed E-state index contributed by atoms with van der Waals surface area (Å²) in [6, 6.07) is 17.0. The molecule has 0 atom stereocenters. The van der Waals surface area contributed by atoms with Crippen molar-refractivity contribution < 1.29 is 14.4 Å². The van der Waals surface area contributed by atoms with Gasteiger partial charge >= 0.3 is 0 Å². The van der Waals surface area contributed by atoms with Crippen LogP contribution in [0.4, 0.5) is 5.69 Å². The number of imide groups is 1. The first kappa shape index (κ1) is 19.4. The number of carbonyl (C=O) groups is 3. The summed E-state index contributed by atoms with van der Waals surface area (Å²) < 4.78 is 0. The topological polar surface area (TPSA) is 57.7 Å². The number of carbonyl (C=O) groups excluding carboxylic acids is 3. The molecule has 150 valence electrons. The molecular weight excluding hydrogens is 364 g/mol. The fourth-order valence-corrected chi connectivity index (χ4v) is 4.44. The van der Waals surface area contributed by atoms with E-state index in [4.69, 9.17) is 0 Å². The van der Waals surface area contributed by atoms with Crippen molar-refractivity contribution in [3.63, 3.8) is 0 Å². The monoisotopic (exact) mass is 390 g/mol. The Morgan fingerprint density at radius 1 is 0.862 bits per heavy atom. The minimum absolute atomic E-state index is 0.0692. The van der Waals surface area contributed by atoms with Gasteiger partial charge < -0.3 is 4.90 Å². The van der Waals surface area contributed by atoms with Crippen molar-refractivity contribution in [3.05, 3.63) is 65.7 Å². The molecule has 29 heavy (non-hydrogen) atoms. The molecule has 5 nitrogen and oxygen atoms in total. The van der Waals surface area contributed by atoms with E-state index in [1.54, 1.807) is 24.3 Å². The summed E-state index contributed by atoms with van der Waals surface area (Å²) >= 11 is 0. The van der Waals surface area contributed by atoms with Gasteiger partial charge in [0.25, 0.3) is 11.8 Å². The normalized spacial score (nSPS) is 16.8. The van der Waals surface area contributed by atoms with E-state index in [1.807, 2.05) is 35.2 Å². The lowest BCUT2D eigenvalue weighted by molar-refractivity contribution is -0.119. The average molecular weight is 390 g/mol. The van der Waals surface area contributed by atoms with Crippen molar-refractivity contribution in [1.29, 1.82) is 0 Å². The Kier molecular flexibility index (Phi) is 5.74. The van der Waals surface area contributed by atoms with Gasteiger partial charge in [-0.05, 0) is 43.5 Å². The van der Waals surface area contributed by atoms with Gasteiger partial charge in [-0.2, -0.15) is 0 Å². The Hall–Kier alpha value is -2.95. The SMILES string of the molecule is O=C1c2ccccc2C(=O)N1CCCC(=O)N(c1ccccc1)C1CCCCC1. The first-order chi connectivity index (χ1) is 14.2. The summed E-state index contributed by atoms with van der Waals surface area (Å²) in [5.74, 6) is -0.449. The van der Waals surface area contributed by atoms with E-state index in [0.717, 1.165) is 31.4 Å². The van der Waals surface area contributed by atoms with Crippen LogP contribution in [0.15, 0.2) is 54.6 Å². The third-order valence-electron chi connectivity index (χ3n) is 5.89. The maximum atomic E-state index is 13.1. The van der Waals surface area contributed by atoms with Crippen LogP contribution in [-0.4, -0.2) is 35.2 Å². The molecule has 1 saturated carbocycles. The molecule has 1 heterocycles. The zero-order valence-electron chi connectivity index (χ0n) is 16.5. The van der Waals surface area contributed by atoms with Gasteiger partial charge in [0.2, 0.25) is 5.91 Å². The Morgan fingerprint density at radius 2 is 1.45 bits per heavy atom. The molecular formula is C24H26N2O3. The van der Waals surface area contributed by atoms with Crippen molar-refractivity contribution in [2.75, 3.05) is 11.4 Å². The molecule has 0 bridgehead atoms. The highest BCUT2D eigenvalue weighted by Gasteiger charge is 2.35. The number of hydrogen-bond acceptors (Lipinski definition) is 3. The van der Waals surface area contributed by atoms with Gasteiger partial charge in [0, 0.05) is 24.7 Å². The predicted molar refractivity (Wildman–Crippen MR) is 112 cm³/mol. The van der Waals surface area contributed by atoms with Gasteiger partial charge in [0.15, 0.2) is 0 Å². The summed E-state index contributed by atoms with van der Waals surface area (Å²) in [7, 11) is 0. The quantitative estimate of drug-likeness (QED) is 0.686. The number of rotatable bonds is 6. The minimum Gasteiger partial charge on any atom is -0.309 e. The highest BCUT2D eigenvalue weighted by molar-refractivity contribution is 6.21. The van der Waals surface area contributed by atoms with Crippen LogP contribution in [0.3, 0.4) is 0 Å². The molecule has 0 saturated heterocycles. The smallest absolute Gasteiger partial charge is 0.261 e. The number of amides is 3. The molecule has 1 aliphatic heterocycles. The molecule has 5 heteroatoms. The second kappa shape index (κ2) is 8.60. The highest BCUT2D eigenvalue weighted by atomic mass is 16.2. The van der Waals surface area contributed by atoms with Crippen LogP contribution >= 0.6 is 0 Å². The van der Waals surface area contributed by atoms with Crippen LogP contribution in [0, 0.1) is 0 Å². The first-order valence-corrected chi connectivity index (χ1v) is 10.5. The van der Waals surface area contributed by atoms with Crippen LogP contribution in [0.1, 0.15) is 65.7 Å². The van der Waals surface area contributed by atoms with Crippen LogP contribution in [0.25, 0.3) is 0 Å². The number of anilines is 1. The van der Waals surface area contributed by atoms with E-state index in [-0.39, 0.29) is 30.3 Å². The van der Waals surface area contributed by atoms with E-state index in [1.165, 1.54) is 11.3 Å². The number of hydrogen-bond donors (Lipinski definition) is 0. The molecule has 1 fully saturated rings. The highest BCUT2D eigenvalue weighted by Crippen LogP contribution is 2.28. The lowest BCUT2D eigenvalue weighted by atomic mass is 9.93. The molecule has 1 aliphatic carbocycles. The lowest BCUT2D eigenvalue weighted by Gasteiger charge is -2.34. The lowest BCUT2D eigenvalue weighted by Crippen LogP contribution is -2.42. The zero-order chi connectivity index (χ0) is 20.2. The van der Waals surface area contributed by atoms with Crippen LogP contribution in [0.5, 0.6) is 0 Å². The van der Waals surface area contributed by atoms with Gasteiger partial charge in [0.05, 0.1) is 11.1 Å². The van der Waals surface area contributed by atoms with Gasteiger partial charge in [-0.15, -0.1) is 0 Å². The summed E-state index contributed by atoms with van der Waals surface area (Å²) in [5, 5.41) is 0. The summed E-state index contributed by atoms with van der Waals surface area (Å²) in [5.41, 5.74) is 1.85.